The van der Waals surface area contributed by atoms with Gasteiger partial charge in [-0.2, -0.15) is 0 Å². The van der Waals surface area contributed by atoms with Crippen molar-refractivity contribution in [3.63, 3.8) is 0 Å². The number of methoxy groups -OCH3 is 2. The molecule has 0 amide bonds. The Kier molecular flexibility index (Phi) is 2.29. The molecule has 0 spiro atoms. The number of rotatable bonds is 2. The molecule has 0 saturated heterocycles. The summed E-state index contributed by atoms with van der Waals surface area (Å²) in [6.07, 6.45) is 0.748. The van der Waals surface area contributed by atoms with E-state index in [9.17, 15) is 0 Å². The zero-order chi connectivity index (χ0) is 10.1. The summed E-state index contributed by atoms with van der Waals surface area (Å²) in [7, 11) is 3.28. The van der Waals surface area contributed by atoms with E-state index in [1.54, 1.807) is 14.2 Å². The molecule has 3 nitrogen and oxygen atoms in total. The van der Waals surface area contributed by atoms with Gasteiger partial charge in [0, 0.05) is 29.8 Å². The van der Waals surface area contributed by atoms with Crippen LogP contribution >= 0.6 is 12.2 Å². The van der Waals surface area contributed by atoms with E-state index >= 15 is 0 Å². The fraction of sp³-hybridized carbons (Fsp3) is 0.300. The predicted octanol–water partition coefficient (Wildman–Crippen LogP) is 2.00. The maximum absolute atomic E-state index is 5.27. The largest absolute Gasteiger partial charge is 0.497 e. The van der Waals surface area contributed by atoms with Crippen LogP contribution in [0.3, 0.4) is 0 Å². The van der Waals surface area contributed by atoms with E-state index in [2.05, 4.69) is 5.32 Å². The molecular weight excluding hydrogens is 198 g/mol. The molecule has 1 aliphatic heterocycles. The average molecular weight is 209 g/mol. The minimum Gasteiger partial charge on any atom is -0.497 e. The summed E-state index contributed by atoms with van der Waals surface area (Å²) in [4.78, 5) is 0.826. The first-order valence-corrected chi connectivity index (χ1v) is 4.70. The van der Waals surface area contributed by atoms with Gasteiger partial charge in [-0.3, -0.25) is 0 Å². The van der Waals surface area contributed by atoms with Crippen molar-refractivity contribution in [3.05, 3.63) is 17.7 Å². The van der Waals surface area contributed by atoms with Crippen molar-refractivity contribution >= 4 is 22.9 Å². The molecule has 0 fully saturated rings. The highest BCUT2D eigenvalue weighted by atomic mass is 32.1. The lowest BCUT2D eigenvalue weighted by atomic mass is 10.1. The van der Waals surface area contributed by atoms with E-state index in [1.165, 1.54) is 0 Å². The van der Waals surface area contributed by atoms with Crippen molar-refractivity contribution in [3.8, 4) is 11.5 Å². The van der Waals surface area contributed by atoms with Crippen molar-refractivity contribution in [2.24, 2.45) is 0 Å². The zero-order valence-corrected chi connectivity index (χ0v) is 8.90. The van der Waals surface area contributed by atoms with Crippen LogP contribution in [0.25, 0.3) is 0 Å². The first-order valence-electron chi connectivity index (χ1n) is 4.29. The van der Waals surface area contributed by atoms with E-state index in [0.717, 1.165) is 34.2 Å². The van der Waals surface area contributed by atoms with Crippen molar-refractivity contribution in [1.29, 1.82) is 0 Å². The summed E-state index contributed by atoms with van der Waals surface area (Å²) in [5, 5.41) is 3.12. The van der Waals surface area contributed by atoms with Gasteiger partial charge >= 0.3 is 0 Å². The Hall–Kier alpha value is -1.29. The number of hydrogen-bond donors (Lipinski definition) is 1. The lowest BCUT2D eigenvalue weighted by Gasteiger charge is -2.08. The van der Waals surface area contributed by atoms with Gasteiger partial charge < -0.3 is 14.8 Å². The third kappa shape index (κ3) is 1.42. The smallest absolute Gasteiger partial charge is 0.128 e. The van der Waals surface area contributed by atoms with Gasteiger partial charge in [-0.15, -0.1) is 0 Å². The zero-order valence-electron chi connectivity index (χ0n) is 8.09. The molecule has 14 heavy (non-hydrogen) atoms. The van der Waals surface area contributed by atoms with Gasteiger partial charge in [-0.1, -0.05) is 12.2 Å². The van der Waals surface area contributed by atoms with Gasteiger partial charge in [0.25, 0.3) is 0 Å². The fourth-order valence-corrected chi connectivity index (χ4v) is 1.82. The maximum Gasteiger partial charge on any atom is 0.128 e. The highest BCUT2D eigenvalue weighted by Gasteiger charge is 2.20. The molecular formula is C10H11NO2S. The summed E-state index contributed by atoms with van der Waals surface area (Å²) < 4.78 is 10.4. The van der Waals surface area contributed by atoms with Crippen LogP contribution < -0.4 is 14.8 Å². The van der Waals surface area contributed by atoms with Crippen molar-refractivity contribution in [2.75, 3.05) is 19.5 Å². The second kappa shape index (κ2) is 3.46. The Balaban J connectivity index is 2.51. The van der Waals surface area contributed by atoms with Crippen molar-refractivity contribution < 1.29 is 9.47 Å². The van der Waals surface area contributed by atoms with Gasteiger partial charge in [0.2, 0.25) is 0 Å². The SMILES string of the molecule is COc1cc2c(c(OC)c1)CC(=S)N2. The third-order valence-corrected chi connectivity index (χ3v) is 2.50. The van der Waals surface area contributed by atoms with Gasteiger partial charge in [0.1, 0.15) is 11.5 Å². The van der Waals surface area contributed by atoms with Crippen LogP contribution in [0.2, 0.25) is 0 Å². The Bertz CT molecular complexity index is 390. The molecule has 0 bridgehead atoms. The topological polar surface area (TPSA) is 30.5 Å². The minimum absolute atomic E-state index is 0.748. The summed E-state index contributed by atoms with van der Waals surface area (Å²) in [6.45, 7) is 0. The number of nitrogens with one attached hydrogen (secondary N) is 1. The first-order chi connectivity index (χ1) is 6.74. The van der Waals surface area contributed by atoms with Crippen molar-refractivity contribution in [2.45, 2.75) is 6.42 Å². The predicted molar refractivity (Wildman–Crippen MR) is 59.5 cm³/mol. The lowest BCUT2D eigenvalue weighted by molar-refractivity contribution is 0.393. The molecule has 0 aliphatic carbocycles. The monoisotopic (exact) mass is 209 g/mol. The number of anilines is 1. The van der Waals surface area contributed by atoms with Crippen LogP contribution in [0.15, 0.2) is 12.1 Å². The Morgan fingerprint density at radius 1 is 1.29 bits per heavy atom. The number of ether oxygens (including phenoxy) is 2. The van der Waals surface area contributed by atoms with Crippen LogP contribution in [0, 0.1) is 0 Å². The molecule has 4 heteroatoms. The van der Waals surface area contributed by atoms with Gasteiger partial charge in [0.05, 0.1) is 19.2 Å². The standard InChI is InChI=1S/C10H11NO2S/c1-12-6-3-8-7(5-10(14)11-8)9(4-6)13-2/h3-4H,5H2,1-2H3,(H,11,14). The molecule has 0 unspecified atom stereocenters. The van der Waals surface area contributed by atoms with Gasteiger partial charge in [-0.05, 0) is 0 Å². The molecule has 1 aromatic rings. The maximum atomic E-state index is 5.27. The van der Waals surface area contributed by atoms with E-state index in [1.807, 2.05) is 12.1 Å². The van der Waals surface area contributed by atoms with Crippen LogP contribution in [0.5, 0.6) is 11.5 Å². The summed E-state index contributed by atoms with van der Waals surface area (Å²) >= 11 is 5.10. The highest BCUT2D eigenvalue weighted by molar-refractivity contribution is 7.80. The molecule has 1 N–H and O–H groups in total. The lowest BCUT2D eigenvalue weighted by Crippen LogP contribution is -2.00. The summed E-state index contributed by atoms with van der Waals surface area (Å²) in [5.41, 5.74) is 2.10. The molecule has 0 radical (unpaired) electrons. The molecule has 1 heterocycles. The normalized spacial score (nSPS) is 13.4. The summed E-state index contributed by atoms with van der Waals surface area (Å²) in [5.74, 6) is 1.60. The Morgan fingerprint density at radius 2 is 2.07 bits per heavy atom. The first kappa shape index (κ1) is 9.27. The summed E-state index contributed by atoms with van der Waals surface area (Å²) in [6, 6.07) is 3.80. The number of benzene rings is 1. The van der Waals surface area contributed by atoms with Crippen LogP contribution in [-0.4, -0.2) is 19.2 Å². The van der Waals surface area contributed by atoms with Gasteiger partial charge in [0.15, 0.2) is 0 Å². The highest BCUT2D eigenvalue weighted by Crippen LogP contribution is 2.36. The number of hydrogen-bond acceptors (Lipinski definition) is 3. The number of fused-ring (bicyclic) bond motifs is 1. The minimum atomic E-state index is 0.748. The molecule has 0 atom stereocenters. The van der Waals surface area contributed by atoms with Crippen LogP contribution in [0.1, 0.15) is 5.56 Å². The van der Waals surface area contributed by atoms with Crippen LogP contribution in [0.4, 0.5) is 5.69 Å². The molecule has 74 valence electrons. The third-order valence-electron chi connectivity index (χ3n) is 2.25. The Morgan fingerprint density at radius 3 is 2.71 bits per heavy atom. The molecule has 1 aromatic carbocycles. The van der Waals surface area contributed by atoms with Crippen LogP contribution in [-0.2, 0) is 6.42 Å². The second-order valence-electron chi connectivity index (χ2n) is 3.08. The van der Waals surface area contributed by atoms with Gasteiger partial charge in [-0.25, -0.2) is 0 Å². The Labute approximate surface area is 88.0 Å². The van der Waals surface area contributed by atoms with E-state index in [0.29, 0.717) is 0 Å². The molecule has 1 aliphatic rings. The molecule has 2 rings (SSSR count). The fourth-order valence-electron chi connectivity index (χ4n) is 1.57. The quantitative estimate of drug-likeness (QED) is 0.755. The van der Waals surface area contributed by atoms with E-state index < -0.39 is 0 Å². The average Bonchev–Trinajstić information content (AvgIpc) is 2.56. The second-order valence-corrected chi connectivity index (χ2v) is 3.57. The molecule has 0 saturated carbocycles. The van der Waals surface area contributed by atoms with E-state index in [-0.39, 0.29) is 0 Å². The van der Waals surface area contributed by atoms with E-state index in [4.69, 9.17) is 21.7 Å². The molecule has 0 aromatic heterocycles. The van der Waals surface area contributed by atoms with Crippen molar-refractivity contribution in [1.82, 2.24) is 0 Å². The number of thiocarbonyl (C=S) groups is 1.